The van der Waals surface area contributed by atoms with Crippen LogP contribution in [-0.2, 0) is 9.53 Å². The fraction of sp³-hybridized carbons (Fsp3) is 0.353. The molecule has 1 aromatic carbocycles. The van der Waals surface area contributed by atoms with Gasteiger partial charge in [-0.05, 0) is 18.2 Å². The van der Waals surface area contributed by atoms with E-state index in [1.165, 1.54) is 0 Å². The predicted octanol–water partition coefficient (Wildman–Crippen LogP) is 1.87. The van der Waals surface area contributed by atoms with Crippen molar-refractivity contribution in [3.05, 3.63) is 41.0 Å². The largest absolute Gasteiger partial charge is 0.378 e. The van der Waals surface area contributed by atoms with Crippen LogP contribution in [0, 0.1) is 0 Å². The number of fused-ring (bicyclic) bond motifs is 1. The van der Waals surface area contributed by atoms with Gasteiger partial charge in [-0.25, -0.2) is 0 Å². The quantitative estimate of drug-likeness (QED) is 0.916. The average Bonchev–Trinajstić information content (AvgIpc) is 2.61. The minimum atomic E-state index is -0.282. The van der Waals surface area contributed by atoms with E-state index in [2.05, 4.69) is 10.3 Å². The molecule has 1 saturated heterocycles. The summed E-state index contributed by atoms with van der Waals surface area (Å²) in [6.07, 6.45) is 1.90. The fourth-order valence-electron chi connectivity index (χ4n) is 2.68. The van der Waals surface area contributed by atoms with Crippen molar-refractivity contribution in [1.29, 1.82) is 0 Å². The smallest absolute Gasteiger partial charge is 0.253 e. The molecule has 0 aliphatic carbocycles. The molecule has 0 unspecified atom stereocenters. The van der Waals surface area contributed by atoms with Gasteiger partial charge in [0.05, 0.1) is 24.3 Å². The summed E-state index contributed by atoms with van der Waals surface area (Å²) in [5, 5.41) is 4.05. The van der Waals surface area contributed by atoms with E-state index in [9.17, 15) is 9.59 Å². The molecule has 1 fully saturated rings. The second kappa shape index (κ2) is 7.59. The Bertz CT molecular complexity index is 760. The van der Waals surface area contributed by atoms with Crippen LogP contribution in [0.3, 0.4) is 0 Å². The molecule has 24 heavy (non-hydrogen) atoms. The molecule has 0 radical (unpaired) electrons. The number of hydrogen-bond donors (Lipinski definition) is 1. The highest BCUT2D eigenvalue weighted by atomic mass is 35.5. The van der Waals surface area contributed by atoms with Crippen LogP contribution in [0.1, 0.15) is 16.8 Å². The lowest BCUT2D eigenvalue weighted by Crippen LogP contribution is -2.42. The van der Waals surface area contributed by atoms with E-state index in [1.807, 2.05) is 6.07 Å². The Hall–Kier alpha value is -2.18. The molecule has 6 nitrogen and oxygen atoms in total. The Morgan fingerprint density at radius 1 is 1.29 bits per heavy atom. The van der Waals surface area contributed by atoms with Crippen LogP contribution in [0.4, 0.5) is 0 Å². The van der Waals surface area contributed by atoms with Crippen LogP contribution >= 0.6 is 11.6 Å². The van der Waals surface area contributed by atoms with Crippen LogP contribution in [0.25, 0.3) is 10.9 Å². The van der Waals surface area contributed by atoms with Gasteiger partial charge in [0.2, 0.25) is 5.91 Å². The molecule has 1 aliphatic rings. The molecule has 0 atom stereocenters. The monoisotopic (exact) mass is 347 g/mol. The standard InChI is InChI=1S/C17H18ClN3O3/c18-13-10-12-2-1-4-19-16(12)14(11-13)17(23)20-5-3-15(22)21-6-8-24-9-7-21/h1-2,4,10-11H,3,5-9H2,(H,20,23). The maximum absolute atomic E-state index is 12.4. The van der Waals surface area contributed by atoms with E-state index in [0.29, 0.717) is 42.4 Å². The van der Waals surface area contributed by atoms with Crippen molar-refractivity contribution in [2.45, 2.75) is 6.42 Å². The second-order valence-electron chi connectivity index (χ2n) is 5.53. The first kappa shape index (κ1) is 16.7. The molecule has 2 amide bonds. The highest BCUT2D eigenvalue weighted by Gasteiger charge is 2.17. The van der Waals surface area contributed by atoms with Gasteiger partial charge < -0.3 is 15.0 Å². The molecule has 1 aromatic heterocycles. The molecular weight excluding hydrogens is 330 g/mol. The Balaban J connectivity index is 1.62. The third-order valence-electron chi connectivity index (χ3n) is 3.90. The van der Waals surface area contributed by atoms with Gasteiger partial charge in [0.1, 0.15) is 0 Å². The van der Waals surface area contributed by atoms with Crippen molar-refractivity contribution >= 4 is 34.3 Å². The summed E-state index contributed by atoms with van der Waals surface area (Å²) in [5.41, 5.74) is 1.01. The number of benzene rings is 1. The van der Waals surface area contributed by atoms with E-state index in [0.717, 1.165) is 5.39 Å². The Labute approximate surface area is 144 Å². The van der Waals surface area contributed by atoms with E-state index < -0.39 is 0 Å². The summed E-state index contributed by atoms with van der Waals surface area (Å²) < 4.78 is 5.22. The zero-order valence-corrected chi connectivity index (χ0v) is 13.9. The van der Waals surface area contributed by atoms with Crippen LogP contribution in [-0.4, -0.2) is 54.5 Å². The molecule has 0 spiro atoms. The van der Waals surface area contributed by atoms with Crippen molar-refractivity contribution in [1.82, 2.24) is 15.2 Å². The van der Waals surface area contributed by atoms with Gasteiger partial charge in [-0.1, -0.05) is 17.7 Å². The summed E-state index contributed by atoms with van der Waals surface area (Å²) in [6.45, 7) is 2.62. The minimum absolute atomic E-state index is 0.0210. The molecule has 0 saturated carbocycles. The van der Waals surface area contributed by atoms with Crippen LogP contribution in [0.15, 0.2) is 30.5 Å². The summed E-state index contributed by atoms with van der Waals surface area (Å²) in [6, 6.07) is 7.01. The molecule has 3 rings (SSSR count). The minimum Gasteiger partial charge on any atom is -0.378 e. The lowest BCUT2D eigenvalue weighted by Gasteiger charge is -2.26. The fourth-order valence-corrected chi connectivity index (χ4v) is 2.90. The van der Waals surface area contributed by atoms with Crippen molar-refractivity contribution in [3.8, 4) is 0 Å². The van der Waals surface area contributed by atoms with Gasteiger partial charge in [0.25, 0.3) is 5.91 Å². The first-order chi connectivity index (χ1) is 11.6. The number of hydrogen-bond acceptors (Lipinski definition) is 4. The summed E-state index contributed by atoms with van der Waals surface area (Å²) in [5.74, 6) is -0.261. The van der Waals surface area contributed by atoms with E-state index in [-0.39, 0.29) is 24.8 Å². The van der Waals surface area contributed by atoms with Gasteiger partial charge in [0, 0.05) is 42.7 Å². The predicted molar refractivity (Wildman–Crippen MR) is 91.1 cm³/mol. The van der Waals surface area contributed by atoms with Crippen LogP contribution in [0.5, 0.6) is 0 Å². The Morgan fingerprint density at radius 3 is 2.88 bits per heavy atom. The van der Waals surface area contributed by atoms with Crippen molar-refractivity contribution in [2.75, 3.05) is 32.8 Å². The lowest BCUT2D eigenvalue weighted by molar-refractivity contribution is -0.135. The second-order valence-corrected chi connectivity index (χ2v) is 5.96. The first-order valence-corrected chi connectivity index (χ1v) is 8.21. The number of amides is 2. The lowest BCUT2D eigenvalue weighted by atomic mass is 10.1. The zero-order valence-electron chi connectivity index (χ0n) is 13.1. The van der Waals surface area contributed by atoms with Gasteiger partial charge >= 0.3 is 0 Å². The van der Waals surface area contributed by atoms with Crippen molar-refractivity contribution in [3.63, 3.8) is 0 Å². The highest BCUT2D eigenvalue weighted by molar-refractivity contribution is 6.32. The third-order valence-corrected chi connectivity index (χ3v) is 4.12. The average molecular weight is 348 g/mol. The number of carbonyl (C=O) groups excluding carboxylic acids is 2. The number of nitrogens with zero attached hydrogens (tertiary/aromatic N) is 2. The number of morpholine rings is 1. The number of pyridine rings is 1. The summed E-state index contributed by atoms with van der Waals surface area (Å²) in [4.78, 5) is 30.5. The molecule has 126 valence electrons. The number of rotatable bonds is 4. The number of aromatic nitrogens is 1. The van der Waals surface area contributed by atoms with Crippen LogP contribution in [0.2, 0.25) is 5.02 Å². The molecule has 2 heterocycles. The van der Waals surface area contributed by atoms with Gasteiger partial charge in [-0.3, -0.25) is 14.6 Å². The van der Waals surface area contributed by atoms with E-state index in [1.54, 1.807) is 29.3 Å². The SMILES string of the molecule is O=C(NCCC(=O)N1CCOCC1)c1cc(Cl)cc2cccnc12. The van der Waals surface area contributed by atoms with Crippen molar-refractivity contribution in [2.24, 2.45) is 0 Å². The number of nitrogens with one attached hydrogen (secondary N) is 1. The molecule has 2 aromatic rings. The molecule has 0 bridgehead atoms. The zero-order chi connectivity index (χ0) is 16.9. The van der Waals surface area contributed by atoms with Gasteiger partial charge in [0.15, 0.2) is 0 Å². The number of ether oxygens (including phenoxy) is 1. The third kappa shape index (κ3) is 3.83. The molecule has 1 N–H and O–H groups in total. The van der Waals surface area contributed by atoms with Gasteiger partial charge in [-0.15, -0.1) is 0 Å². The first-order valence-electron chi connectivity index (χ1n) is 7.83. The number of carbonyl (C=O) groups is 2. The van der Waals surface area contributed by atoms with E-state index in [4.69, 9.17) is 16.3 Å². The molecule has 7 heteroatoms. The van der Waals surface area contributed by atoms with Crippen LogP contribution < -0.4 is 5.32 Å². The Kier molecular flexibility index (Phi) is 5.27. The highest BCUT2D eigenvalue weighted by Crippen LogP contribution is 2.22. The van der Waals surface area contributed by atoms with E-state index >= 15 is 0 Å². The summed E-state index contributed by atoms with van der Waals surface area (Å²) >= 11 is 6.07. The normalized spacial score (nSPS) is 14.6. The van der Waals surface area contributed by atoms with Crippen molar-refractivity contribution < 1.29 is 14.3 Å². The maximum Gasteiger partial charge on any atom is 0.253 e. The Morgan fingerprint density at radius 2 is 2.08 bits per heavy atom. The molecular formula is C17H18ClN3O3. The topological polar surface area (TPSA) is 71.5 Å². The maximum atomic E-state index is 12.4. The summed E-state index contributed by atoms with van der Waals surface area (Å²) in [7, 11) is 0. The number of halogens is 1. The van der Waals surface area contributed by atoms with Gasteiger partial charge in [-0.2, -0.15) is 0 Å². The molecule has 1 aliphatic heterocycles.